The Morgan fingerprint density at radius 1 is 1.27 bits per heavy atom. The van der Waals surface area contributed by atoms with Crippen LogP contribution in [-0.2, 0) is 0 Å². The maximum atomic E-state index is 5.29. The minimum absolute atomic E-state index is 0.706. The molecule has 0 fully saturated rings. The second-order valence-corrected chi connectivity index (χ2v) is 2.59. The lowest BCUT2D eigenvalue weighted by molar-refractivity contribution is 0.623. The second-order valence-electron chi connectivity index (χ2n) is 2.59. The van der Waals surface area contributed by atoms with Gasteiger partial charge in [-0.15, -0.1) is 0 Å². The molecule has 1 radical (unpaired) electrons. The first-order chi connectivity index (χ1) is 5.27. The van der Waals surface area contributed by atoms with Crippen LogP contribution in [-0.4, -0.2) is 52.6 Å². The lowest BCUT2D eigenvalue weighted by atomic mass is 10.1. The molecular weight excluding hydrogens is 139 g/mol. The van der Waals surface area contributed by atoms with Gasteiger partial charge in [0.2, 0.25) is 0 Å². The number of hydrogen-bond donors (Lipinski definition) is 3. The van der Waals surface area contributed by atoms with E-state index in [0.29, 0.717) is 6.54 Å². The third-order valence-corrected chi connectivity index (χ3v) is 1.12. The van der Waals surface area contributed by atoms with Gasteiger partial charge in [0.1, 0.15) is 0 Å². The molecular formula is C6H18BN4. The third-order valence-electron chi connectivity index (χ3n) is 1.12. The van der Waals surface area contributed by atoms with Crippen LogP contribution in [0.2, 0.25) is 0 Å². The number of hydrogen-bond acceptors (Lipinski definition) is 4. The average Bonchev–Trinajstić information content (AvgIpc) is 1.96. The topological polar surface area (TPSA) is 53.3 Å². The quantitative estimate of drug-likeness (QED) is 0.302. The summed E-state index contributed by atoms with van der Waals surface area (Å²) in [5, 5.41) is 6.32. The van der Waals surface area contributed by atoms with Crippen molar-refractivity contribution in [2.24, 2.45) is 5.73 Å². The van der Waals surface area contributed by atoms with Gasteiger partial charge in [-0.1, -0.05) is 0 Å². The Hall–Kier alpha value is -0.0951. The SMILES string of the molecule is CN(C)[B]NCCNCCN. The highest BCUT2D eigenvalue weighted by Gasteiger charge is 1.91. The predicted octanol–water partition coefficient (Wildman–Crippen LogP) is -1.78. The van der Waals surface area contributed by atoms with Crippen molar-refractivity contribution in [1.29, 1.82) is 0 Å². The number of nitrogens with one attached hydrogen (secondary N) is 2. The molecule has 0 heterocycles. The van der Waals surface area contributed by atoms with E-state index < -0.39 is 0 Å². The van der Waals surface area contributed by atoms with Gasteiger partial charge in [-0.3, -0.25) is 0 Å². The maximum absolute atomic E-state index is 5.29. The molecule has 4 N–H and O–H groups in total. The van der Waals surface area contributed by atoms with Gasteiger partial charge in [0.25, 0.3) is 0 Å². The highest BCUT2D eigenvalue weighted by molar-refractivity contribution is 6.28. The van der Waals surface area contributed by atoms with Gasteiger partial charge < -0.3 is 21.1 Å². The van der Waals surface area contributed by atoms with Crippen molar-refractivity contribution in [3.8, 4) is 0 Å². The highest BCUT2D eigenvalue weighted by atomic mass is 15.1. The smallest absolute Gasteiger partial charge is 0.309 e. The molecule has 11 heavy (non-hydrogen) atoms. The summed E-state index contributed by atoms with van der Waals surface area (Å²) in [7, 11) is 5.91. The fraction of sp³-hybridized carbons (Fsp3) is 1.00. The normalized spacial score (nSPS) is 10.5. The monoisotopic (exact) mass is 157 g/mol. The summed E-state index contributed by atoms with van der Waals surface area (Å²) in [5.41, 5.74) is 5.29. The fourth-order valence-electron chi connectivity index (χ4n) is 0.635. The van der Waals surface area contributed by atoms with Gasteiger partial charge in [-0.05, 0) is 20.6 Å². The van der Waals surface area contributed by atoms with Gasteiger partial charge in [0.15, 0.2) is 0 Å². The van der Waals surface area contributed by atoms with E-state index in [1.807, 2.05) is 26.5 Å². The molecule has 0 aliphatic heterocycles. The summed E-state index contributed by atoms with van der Waals surface area (Å²) in [6.45, 7) is 3.50. The summed E-state index contributed by atoms with van der Waals surface area (Å²) in [4.78, 5) is 1.98. The lowest BCUT2D eigenvalue weighted by Gasteiger charge is -2.08. The Morgan fingerprint density at radius 3 is 2.55 bits per heavy atom. The minimum atomic E-state index is 0.706. The molecule has 0 aromatic rings. The van der Waals surface area contributed by atoms with Crippen molar-refractivity contribution in [2.45, 2.75) is 0 Å². The van der Waals surface area contributed by atoms with E-state index in [1.54, 1.807) is 0 Å². The van der Waals surface area contributed by atoms with Crippen LogP contribution in [0.3, 0.4) is 0 Å². The zero-order valence-electron chi connectivity index (χ0n) is 7.43. The standard InChI is InChI=1S/C6H18BN4/c1-11(2)7-10-6-5-9-4-3-8/h9-10H,3-6,8H2,1-2H3. The Morgan fingerprint density at radius 2 is 2.00 bits per heavy atom. The molecule has 0 atom stereocenters. The molecule has 5 heteroatoms. The highest BCUT2D eigenvalue weighted by Crippen LogP contribution is 1.62. The number of rotatable bonds is 7. The van der Waals surface area contributed by atoms with Crippen LogP contribution >= 0.6 is 0 Å². The molecule has 0 aliphatic rings. The molecule has 0 aromatic carbocycles. The molecule has 4 nitrogen and oxygen atoms in total. The molecule has 0 rings (SSSR count). The molecule has 0 unspecified atom stereocenters. The molecule has 0 aromatic heterocycles. The van der Waals surface area contributed by atoms with Crippen molar-refractivity contribution in [1.82, 2.24) is 15.4 Å². The average molecular weight is 157 g/mol. The predicted molar refractivity (Wildman–Crippen MR) is 49.4 cm³/mol. The van der Waals surface area contributed by atoms with E-state index >= 15 is 0 Å². The van der Waals surface area contributed by atoms with Gasteiger partial charge in [-0.2, -0.15) is 0 Å². The van der Waals surface area contributed by atoms with Crippen LogP contribution in [0.1, 0.15) is 0 Å². The Balaban J connectivity index is 2.80. The first-order valence-corrected chi connectivity index (χ1v) is 3.91. The number of nitrogens with zero attached hydrogens (tertiary/aromatic N) is 1. The first kappa shape index (κ1) is 10.9. The van der Waals surface area contributed by atoms with E-state index in [-0.39, 0.29) is 0 Å². The van der Waals surface area contributed by atoms with Crippen LogP contribution in [0.15, 0.2) is 0 Å². The van der Waals surface area contributed by atoms with Gasteiger partial charge >= 0.3 is 7.55 Å². The molecule has 65 valence electrons. The molecule has 0 aliphatic carbocycles. The van der Waals surface area contributed by atoms with Crippen molar-refractivity contribution >= 4 is 7.55 Å². The van der Waals surface area contributed by atoms with Crippen molar-refractivity contribution < 1.29 is 0 Å². The van der Waals surface area contributed by atoms with Gasteiger partial charge in [-0.25, -0.2) is 0 Å². The molecule has 0 spiro atoms. The summed E-state index contributed by atoms with van der Waals surface area (Å²) in [5.74, 6) is 0. The summed E-state index contributed by atoms with van der Waals surface area (Å²) in [6.07, 6.45) is 0. The first-order valence-electron chi connectivity index (χ1n) is 3.91. The molecule has 0 bridgehead atoms. The minimum Gasteiger partial charge on any atom is -0.345 e. The van der Waals surface area contributed by atoms with Crippen LogP contribution in [0.4, 0.5) is 0 Å². The Bertz CT molecular complexity index is 79.0. The zero-order chi connectivity index (χ0) is 8.53. The van der Waals surface area contributed by atoms with E-state index in [2.05, 4.69) is 10.5 Å². The van der Waals surface area contributed by atoms with E-state index in [1.165, 1.54) is 0 Å². The van der Waals surface area contributed by atoms with E-state index in [9.17, 15) is 0 Å². The molecule has 0 saturated heterocycles. The Kier molecular flexibility index (Phi) is 7.94. The summed E-state index contributed by atoms with van der Waals surface area (Å²) in [6, 6.07) is 0. The summed E-state index contributed by atoms with van der Waals surface area (Å²) < 4.78 is 0. The largest absolute Gasteiger partial charge is 0.345 e. The van der Waals surface area contributed by atoms with Gasteiger partial charge in [0, 0.05) is 19.6 Å². The van der Waals surface area contributed by atoms with Crippen LogP contribution in [0.5, 0.6) is 0 Å². The van der Waals surface area contributed by atoms with E-state index in [4.69, 9.17) is 5.73 Å². The van der Waals surface area contributed by atoms with Crippen molar-refractivity contribution in [3.63, 3.8) is 0 Å². The third kappa shape index (κ3) is 9.90. The summed E-state index contributed by atoms with van der Waals surface area (Å²) >= 11 is 0. The lowest BCUT2D eigenvalue weighted by Crippen LogP contribution is -2.37. The Labute approximate surface area is 69.8 Å². The van der Waals surface area contributed by atoms with Crippen LogP contribution in [0, 0.1) is 0 Å². The molecule has 0 amide bonds. The zero-order valence-corrected chi connectivity index (χ0v) is 7.43. The number of nitrogens with two attached hydrogens (primary N) is 1. The van der Waals surface area contributed by atoms with Crippen LogP contribution < -0.4 is 16.3 Å². The maximum Gasteiger partial charge on any atom is 0.309 e. The van der Waals surface area contributed by atoms with Crippen molar-refractivity contribution in [2.75, 3.05) is 40.3 Å². The van der Waals surface area contributed by atoms with Crippen LogP contribution in [0.25, 0.3) is 0 Å². The van der Waals surface area contributed by atoms with E-state index in [0.717, 1.165) is 19.6 Å². The van der Waals surface area contributed by atoms with Gasteiger partial charge in [0.05, 0.1) is 0 Å². The second kappa shape index (κ2) is 8.01. The fourth-order valence-corrected chi connectivity index (χ4v) is 0.635. The van der Waals surface area contributed by atoms with Crippen molar-refractivity contribution in [3.05, 3.63) is 0 Å². The molecule has 0 saturated carbocycles.